The number of rotatable bonds is 5. The van der Waals surface area contributed by atoms with Crippen LogP contribution in [0.15, 0.2) is 0 Å². The van der Waals surface area contributed by atoms with Gasteiger partial charge >= 0.3 is 6.03 Å². The fourth-order valence-corrected chi connectivity index (χ4v) is 6.25. The molecule has 3 heterocycles. The van der Waals surface area contributed by atoms with Crippen LogP contribution in [0.4, 0.5) is 4.79 Å². The van der Waals surface area contributed by atoms with Crippen LogP contribution in [0, 0.1) is 17.8 Å². The summed E-state index contributed by atoms with van der Waals surface area (Å²) >= 11 is 0. The van der Waals surface area contributed by atoms with Crippen molar-refractivity contribution in [1.29, 1.82) is 0 Å². The van der Waals surface area contributed by atoms with Crippen molar-refractivity contribution < 1.29 is 4.79 Å². The second-order valence-electron chi connectivity index (χ2n) is 9.92. The highest BCUT2D eigenvalue weighted by Crippen LogP contribution is 2.38. The van der Waals surface area contributed by atoms with Crippen molar-refractivity contribution in [2.75, 3.05) is 39.8 Å². The highest BCUT2D eigenvalue weighted by atomic mass is 16.2. The van der Waals surface area contributed by atoms with E-state index in [1.165, 1.54) is 32.1 Å². The molecular weight excluding hydrogens is 364 g/mol. The van der Waals surface area contributed by atoms with Crippen LogP contribution in [0.25, 0.3) is 0 Å². The summed E-state index contributed by atoms with van der Waals surface area (Å²) in [6.45, 7) is 7.48. The molecule has 7 nitrogen and oxygen atoms in total. The number of carbonyl (C=O) groups is 1. The number of amides is 2. The second kappa shape index (κ2) is 9.94. The first-order valence-electron chi connectivity index (χ1n) is 12.1. The van der Waals surface area contributed by atoms with Gasteiger partial charge in [0.1, 0.15) is 0 Å². The third-order valence-corrected chi connectivity index (χ3v) is 8.07. The summed E-state index contributed by atoms with van der Waals surface area (Å²) in [7, 11) is 1.98. The summed E-state index contributed by atoms with van der Waals surface area (Å²) in [4.78, 5) is 17.3. The lowest BCUT2D eigenvalue weighted by Gasteiger charge is -2.42. The van der Waals surface area contributed by atoms with Crippen LogP contribution in [0.2, 0.25) is 0 Å². The highest BCUT2D eigenvalue weighted by molar-refractivity contribution is 5.74. The van der Waals surface area contributed by atoms with Gasteiger partial charge in [0, 0.05) is 38.8 Å². The van der Waals surface area contributed by atoms with Crippen LogP contribution >= 0.6 is 0 Å². The lowest BCUT2D eigenvalue weighted by Crippen LogP contribution is -2.60. The van der Waals surface area contributed by atoms with Crippen molar-refractivity contribution in [2.45, 2.75) is 76.5 Å². The molecule has 1 aliphatic carbocycles. The molecule has 6 unspecified atom stereocenters. The van der Waals surface area contributed by atoms with E-state index in [1.54, 1.807) is 0 Å². The Bertz CT molecular complexity index is 539. The molecule has 0 bridgehead atoms. The first-order valence-corrected chi connectivity index (χ1v) is 12.1. The molecule has 0 aromatic carbocycles. The molecule has 6 atom stereocenters. The predicted molar refractivity (Wildman–Crippen MR) is 116 cm³/mol. The van der Waals surface area contributed by atoms with Crippen molar-refractivity contribution in [3.05, 3.63) is 0 Å². The van der Waals surface area contributed by atoms with Gasteiger partial charge in [0.05, 0.1) is 6.17 Å². The van der Waals surface area contributed by atoms with E-state index in [1.807, 2.05) is 11.9 Å². The number of hydrogen-bond donors (Lipinski definition) is 4. The molecule has 0 radical (unpaired) electrons. The molecule has 29 heavy (non-hydrogen) atoms. The fraction of sp³-hybridized carbons (Fsp3) is 0.955. The first kappa shape index (κ1) is 21.3. The summed E-state index contributed by atoms with van der Waals surface area (Å²) in [5, 5.41) is 6.99. The van der Waals surface area contributed by atoms with Gasteiger partial charge in [-0.3, -0.25) is 10.3 Å². The number of urea groups is 1. The Labute approximate surface area is 176 Å². The van der Waals surface area contributed by atoms with E-state index < -0.39 is 0 Å². The van der Waals surface area contributed by atoms with E-state index in [9.17, 15) is 4.79 Å². The van der Waals surface area contributed by atoms with Crippen LogP contribution < -0.4 is 21.5 Å². The molecule has 2 amide bonds. The van der Waals surface area contributed by atoms with E-state index in [0.717, 1.165) is 69.7 Å². The topological polar surface area (TPSA) is 71.7 Å². The number of carbonyl (C=O) groups excluding carboxylic acids is 1. The third-order valence-electron chi connectivity index (χ3n) is 8.07. The fourth-order valence-electron chi connectivity index (χ4n) is 6.25. The van der Waals surface area contributed by atoms with E-state index in [-0.39, 0.29) is 6.03 Å². The van der Waals surface area contributed by atoms with Gasteiger partial charge in [-0.2, -0.15) is 0 Å². The molecule has 4 N–H and O–H groups in total. The minimum absolute atomic E-state index is 0.103. The minimum atomic E-state index is 0.103. The molecule has 0 spiro atoms. The molecule has 4 fully saturated rings. The zero-order valence-electron chi connectivity index (χ0n) is 18.5. The van der Waals surface area contributed by atoms with E-state index >= 15 is 0 Å². The number of likely N-dealkylation sites (N-methyl/N-ethyl adjacent to an activating group) is 1. The Morgan fingerprint density at radius 1 is 1.17 bits per heavy atom. The van der Waals surface area contributed by atoms with E-state index in [0.29, 0.717) is 18.2 Å². The average molecular weight is 407 g/mol. The zero-order valence-corrected chi connectivity index (χ0v) is 18.5. The summed E-state index contributed by atoms with van der Waals surface area (Å²) in [6.07, 6.45) is 10.3. The third kappa shape index (κ3) is 5.06. The highest BCUT2D eigenvalue weighted by Gasteiger charge is 2.40. The van der Waals surface area contributed by atoms with Crippen LogP contribution in [0.5, 0.6) is 0 Å². The summed E-state index contributed by atoms with van der Waals surface area (Å²) < 4.78 is 0. The Kier molecular flexibility index (Phi) is 7.32. The van der Waals surface area contributed by atoms with Gasteiger partial charge in [-0.15, -0.1) is 0 Å². The number of hydrogen-bond acceptors (Lipinski definition) is 5. The SMILES string of the molecule is CC1CCCC2C(CCNC(=O)N(C)C3CCCN(C4CCCNN4)C3)CNC12. The largest absolute Gasteiger partial charge is 0.338 e. The molecule has 7 heteroatoms. The van der Waals surface area contributed by atoms with Crippen molar-refractivity contribution in [3.63, 3.8) is 0 Å². The van der Waals surface area contributed by atoms with Crippen LogP contribution in [-0.2, 0) is 0 Å². The van der Waals surface area contributed by atoms with Gasteiger partial charge in [-0.25, -0.2) is 10.2 Å². The quantitative estimate of drug-likeness (QED) is 0.560. The number of likely N-dealkylation sites (tertiary alicyclic amines) is 1. The number of fused-ring (bicyclic) bond motifs is 1. The second-order valence-corrected chi connectivity index (χ2v) is 9.92. The van der Waals surface area contributed by atoms with Crippen LogP contribution in [0.1, 0.15) is 58.3 Å². The van der Waals surface area contributed by atoms with Crippen molar-refractivity contribution in [2.24, 2.45) is 17.8 Å². The Hall–Kier alpha value is -0.890. The van der Waals surface area contributed by atoms with Gasteiger partial charge < -0.3 is 15.5 Å². The molecule has 3 saturated heterocycles. The molecular formula is C22H42N6O. The molecule has 4 aliphatic rings. The Morgan fingerprint density at radius 3 is 2.90 bits per heavy atom. The van der Waals surface area contributed by atoms with Gasteiger partial charge in [0.2, 0.25) is 0 Å². The lowest BCUT2D eigenvalue weighted by atomic mass is 9.74. The lowest BCUT2D eigenvalue weighted by molar-refractivity contribution is 0.0595. The van der Waals surface area contributed by atoms with Crippen molar-refractivity contribution >= 4 is 6.03 Å². The Morgan fingerprint density at radius 2 is 2.07 bits per heavy atom. The zero-order chi connectivity index (χ0) is 20.2. The van der Waals surface area contributed by atoms with Crippen molar-refractivity contribution in [1.82, 2.24) is 31.3 Å². The number of piperidine rings is 1. The Balaban J connectivity index is 1.20. The maximum Gasteiger partial charge on any atom is 0.317 e. The molecule has 4 rings (SSSR count). The van der Waals surface area contributed by atoms with Gasteiger partial charge in [0.15, 0.2) is 0 Å². The monoisotopic (exact) mass is 406 g/mol. The van der Waals surface area contributed by atoms with E-state index in [4.69, 9.17) is 0 Å². The van der Waals surface area contributed by atoms with E-state index in [2.05, 4.69) is 33.3 Å². The first-order chi connectivity index (χ1) is 14.1. The predicted octanol–water partition coefficient (Wildman–Crippen LogP) is 1.72. The number of nitrogens with one attached hydrogen (secondary N) is 4. The maximum atomic E-state index is 12.8. The molecule has 1 saturated carbocycles. The van der Waals surface area contributed by atoms with Crippen LogP contribution in [-0.4, -0.2) is 73.9 Å². The molecule has 0 aromatic heterocycles. The average Bonchev–Trinajstić information content (AvgIpc) is 3.18. The summed E-state index contributed by atoms with van der Waals surface area (Å²) in [5.41, 5.74) is 6.71. The van der Waals surface area contributed by atoms with Gasteiger partial charge in [-0.05, 0) is 75.8 Å². The number of nitrogens with zero attached hydrogens (tertiary/aromatic N) is 2. The summed E-state index contributed by atoms with van der Waals surface area (Å²) in [5.74, 6) is 2.35. The van der Waals surface area contributed by atoms with Crippen molar-refractivity contribution in [3.8, 4) is 0 Å². The smallest absolute Gasteiger partial charge is 0.317 e. The minimum Gasteiger partial charge on any atom is -0.338 e. The van der Waals surface area contributed by atoms with Gasteiger partial charge in [0.25, 0.3) is 0 Å². The molecule has 166 valence electrons. The molecule has 3 aliphatic heterocycles. The summed E-state index contributed by atoms with van der Waals surface area (Å²) in [6, 6.07) is 1.12. The molecule has 0 aromatic rings. The normalized spacial score (nSPS) is 38.4. The van der Waals surface area contributed by atoms with Crippen LogP contribution in [0.3, 0.4) is 0 Å². The number of hydrazine groups is 1. The maximum absolute atomic E-state index is 12.8. The standard InChI is InChI=1S/C22H42N6O/c1-16-6-3-8-19-17(14-24-21(16)19)10-12-23-22(29)27(2)18-7-5-13-28(15-18)20-9-4-11-25-26-20/h16-21,24-26H,3-15H2,1-2H3,(H,23,29). The van der Waals surface area contributed by atoms with Gasteiger partial charge in [-0.1, -0.05) is 13.3 Å².